The first kappa shape index (κ1) is 22.5. The first-order chi connectivity index (χ1) is 12.8. The van der Waals surface area contributed by atoms with E-state index >= 15 is 0 Å². The highest BCUT2D eigenvalue weighted by Crippen LogP contribution is 2.47. The van der Waals surface area contributed by atoms with Gasteiger partial charge in [-0.25, -0.2) is 0 Å². The molecule has 0 aliphatic heterocycles. The Bertz CT molecular complexity index is 536. The van der Waals surface area contributed by atoms with Crippen molar-refractivity contribution in [2.24, 2.45) is 34.8 Å². The average molecular weight is 372 g/mol. The predicted octanol–water partition coefficient (Wildman–Crippen LogP) is 7.44. The fourth-order valence-corrected chi connectivity index (χ4v) is 5.05. The van der Waals surface area contributed by atoms with Crippen molar-refractivity contribution >= 4 is 0 Å². The summed E-state index contributed by atoms with van der Waals surface area (Å²) in [5.41, 5.74) is 9.55. The van der Waals surface area contributed by atoms with Crippen LogP contribution in [0.5, 0.6) is 0 Å². The first-order valence-corrected chi connectivity index (χ1v) is 11.6. The fraction of sp³-hybridized carbons (Fsp3) is 0.769. The first-order valence-electron chi connectivity index (χ1n) is 11.6. The molecule has 1 heteroatoms. The smallest absolute Gasteiger partial charge is 0.00444 e. The molecule has 0 heterocycles. The van der Waals surface area contributed by atoms with E-state index in [9.17, 15) is 0 Å². The Morgan fingerprint density at radius 1 is 1.30 bits per heavy atom. The molecule has 1 fully saturated rings. The summed E-state index contributed by atoms with van der Waals surface area (Å²) >= 11 is 0. The van der Waals surface area contributed by atoms with Gasteiger partial charge in [0.1, 0.15) is 0 Å². The zero-order chi connectivity index (χ0) is 20.0. The lowest BCUT2D eigenvalue weighted by atomic mass is 9.62. The number of nitrogens with two attached hydrogens (primary N) is 1. The fourth-order valence-electron chi connectivity index (χ4n) is 5.05. The predicted molar refractivity (Wildman–Crippen MR) is 121 cm³/mol. The van der Waals surface area contributed by atoms with Gasteiger partial charge in [0.15, 0.2) is 0 Å². The minimum atomic E-state index is 0.172. The van der Waals surface area contributed by atoms with E-state index in [1.165, 1.54) is 56.9 Å². The topological polar surface area (TPSA) is 26.0 Å². The van der Waals surface area contributed by atoms with Gasteiger partial charge in [-0.2, -0.15) is 0 Å². The summed E-state index contributed by atoms with van der Waals surface area (Å²) < 4.78 is 0. The molecule has 0 bridgehead atoms. The number of hydrogen-bond donors (Lipinski definition) is 1. The summed E-state index contributed by atoms with van der Waals surface area (Å²) in [6.45, 7) is 15.9. The van der Waals surface area contributed by atoms with Crippen LogP contribution < -0.4 is 5.73 Å². The molecule has 5 unspecified atom stereocenters. The van der Waals surface area contributed by atoms with Crippen molar-refractivity contribution < 1.29 is 0 Å². The minimum Gasteiger partial charge on any atom is -0.328 e. The molecule has 1 nitrogen and oxygen atoms in total. The van der Waals surface area contributed by atoms with Gasteiger partial charge in [0, 0.05) is 6.04 Å². The highest BCUT2D eigenvalue weighted by atomic mass is 14.7. The van der Waals surface area contributed by atoms with Crippen molar-refractivity contribution in [1.29, 1.82) is 0 Å². The van der Waals surface area contributed by atoms with Gasteiger partial charge in [0.05, 0.1) is 0 Å². The molecule has 1 saturated carbocycles. The summed E-state index contributed by atoms with van der Waals surface area (Å²) in [5.74, 6) is 3.08. The molecule has 0 aromatic rings. The van der Waals surface area contributed by atoms with Crippen LogP contribution in [0.4, 0.5) is 0 Å². The second-order valence-electron chi connectivity index (χ2n) is 9.93. The van der Waals surface area contributed by atoms with Crippen LogP contribution in [0.2, 0.25) is 0 Å². The van der Waals surface area contributed by atoms with Gasteiger partial charge >= 0.3 is 0 Å². The number of hydrogen-bond acceptors (Lipinski definition) is 1. The van der Waals surface area contributed by atoms with Gasteiger partial charge < -0.3 is 5.73 Å². The third-order valence-electron chi connectivity index (χ3n) is 7.75. The van der Waals surface area contributed by atoms with Crippen LogP contribution in [0.1, 0.15) is 92.4 Å². The SMILES string of the molecule is C=CC1=C(C(C)(CCCC(CC)CCC2CC2)C(C)C(C)N)CC(C)C=C1. The molecular formula is C26H45N. The van der Waals surface area contributed by atoms with Crippen molar-refractivity contribution in [3.63, 3.8) is 0 Å². The summed E-state index contributed by atoms with van der Waals surface area (Å²) in [7, 11) is 0. The molecule has 2 aliphatic carbocycles. The van der Waals surface area contributed by atoms with E-state index in [0.717, 1.165) is 18.3 Å². The summed E-state index contributed by atoms with van der Waals surface area (Å²) in [4.78, 5) is 0. The lowest BCUT2D eigenvalue weighted by Crippen LogP contribution is -2.40. The van der Waals surface area contributed by atoms with E-state index in [2.05, 4.69) is 59.4 Å². The second kappa shape index (κ2) is 10.1. The summed E-state index contributed by atoms with van der Waals surface area (Å²) in [6.07, 6.45) is 19.1. The molecule has 0 radical (unpaired) electrons. The molecule has 2 aliphatic rings. The Hall–Kier alpha value is -0.820. The maximum absolute atomic E-state index is 6.43. The van der Waals surface area contributed by atoms with Crippen LogP contribution in [0, 0.1) is 29.1 Å². The zero-order valence-electron chi connectivity index (χ0n) is 18.8. The van der Waals surface area contributed by atoms with Gasteiger partial charge in [0.2, 0.25) is 0 Å². The Kier molecular flexibility index (Phi) is 8.40. The third-order valence-corrected chi connectivity index (χ3v) is 7.75. The largest absolute Gasteiger partial charge is 0.328 e. The highest BCUT2D eigenvalue weighted by Gasteiger charge is 2.38. The van der Waals surface area contributed by atoms with Crippen molar-refractivity contribution in [3.8, 4) is 0 Å². The van der Waals surface area contributed by atoms with E-state index in [4.69, 9.17) is 5.73 Å². The molecule has 27 heavy (non-hydrogen) atoms. The average Bonchev–Trinajstić information content (AvgIpc) is 3.47. The summed E-state index contributed by atoms with van der Waals surface area (Å²) in [6, 6.07) is 0.214. The van der Waals surface area contributed by atoms with Crippen LogP contribution in [0.3, 0.4) is 0 Å². The van der Waals surface area contributed by atoms with E-state index in [-0.39, 0.29) is 11.5 Å². The normalized spacial score (nSPS) is 25.8. The van der Waals surface area contributed by atoms with Crippen molar-refractivity contribution in [3.05, 3.63) is 36.0 Å². The molecule has 0 amide bonds. The van der Waals surface area contributed by atoms with E-state index in [1.54, 1.807) is 5.57 Å². The van der Waals surface area contributed by atoms with Gasteiger partial charge in [-0.3, -0.25) is 0 Å². The summed E-state index contributed by atoms with van der Waals surface area (Å²) in [5, 5.41) is 0. The Balaban J connectivity index is 2.09. The molecule has 2 N–H and O–H groups in total. The van der Waals surface area contributed by atoms with Crippen molar-refractivity contribution in [1.82, 2.24) is 0 Å². The van der Waals surface area contributed by atoms with Crippen LogP contribution in [-0.2, 0) is 0 Å². The molecule has 0 spiro atoms. The van der Waals surface area contributed by atoms with Gasteiger partial charge in [-0.15, -0.1) is 0 Å². The van der Waals surface area contributed by atoms with E-state index < -0.39 is 0 Å². The molecule has 0 saturated heterocycles. The maximum Gasteiger partial charge on any atom is 0.00444 e. The number of rotatable bonds is 12. The van der Waals surface area contributed by atoms with Crippen LogP contribution in [0.15, 0.2) is 36.0 Å². The van der Waals surface area contributed by atoms with Crippen LogP contribution in [0.25, 0.3) is 0 Å². The molecule has 0 aromatic heterocycles. The zero-order valence-corrected chi connectivity index (χ0v) is 18.8. The highest BCUT2D eigenvalue weighted by molar-refractivity contribution is 5.41. The Morgan fingerprint density at radius 2 is 2.00 bits per heavy atom. The number of allylic oxidation sites excluding steroid dienone is 5. The molecule has 5 atom stereocenters. The van der Waals surface area contributed by atoms with Gasteiger partial charge in [-0.1, -0.05) is 103 Å². The minimum absolute atomic E-state index is 0.172. The molecule has 0 aromatic carbocycles. The van der Waals surface area contributed by atoms with Crippen molar-refractivity contribution in [2.75, 3.05) is 0 Å². The van der Waals surface area contributed by atoms with Crippen molar-refractivity contribution in [2.45, 2.75) is 98.4 Å². The monoisotopic (exact) mass is 371 g/mol. The van der Waals surface area contributed by atoms with Gasteiger partial charge in [-0.05, 0) is 54.4 Å². The van der Waals surface area contributed by atoms with E-state index in [1.807, 2.05) is 0 Å². The quantitative estimate of drug-likeness (QED) is 0.379. The van der Waals surface area contributed by atoms with Crippen LogP contribution >= 0.6 is 0 Å². The molecule has 154 valence electrons. The molecule has 2 rings (SSSR count). The third kappa shape index (κ3) is 6.08. The standard InChI is InChI=1S/C26H45N/c1-7-22(12-13-23-14-15-23)10-9-17-26(6,20(4)21(5)27)25-18-19(3)11-16-24(25)8-2/h8,11,16,19-23H,2,7,9-10,12-15,17-18,27H2,1,3-6H3. The van der Waals surface area contributed by atoms with Gasteiger partial charge in [0.25, 0.3) is 0 Å². The Labute approximate surface area is 169 Å². The Morgan fingerprint density at radius 3 is 2.56 bits per heavy atom. The second-order valence-corrected chi connectivity index (χ2v) is 9.93. The maximum atomic E-state index is 6.43. The lowest BCUT2D eigenvalue weighted by Gasteiger charge is -2.43. The molecular weight excluding hydrogens is 326 g/mol. The van der Waals surface area contributed by atoms with Crippen LogP contribution in [-0.4, -0.2) is 6.04 Å². The lowest BCUT2D eigenvalue weighted by molar-refractivity contribution is 0.187. The van der Waals surface area contributed by atoms with E-state index in [0.29, 0.717) is 11.8 Å².